The molecule has 0 spiro atoms. The molecule has 3 heterocycles. The molecule has 3 aromatic rings. The Morgan fingerprint density at radius 1 is 1.32 bits per heavy atom. The van der Waals surface area contributed by atoms with Gasteiger partial charge in [-0.1, -0.05) is 30.4 Å². The van der Waals surface area contributed by atoms with Crippen LogP contribution < -0.4 is 4.90 Å². The minimum atomic E-state index is 0.0498. The minimum Gasteiger partial charge on any atom is -0.348 e. The maximum absolute atomic E-state index is 12.5. The van der Waals surface area contributed by atoms with Crippen molar-refractivity contribution >= 4 is 32.6 Å². The molecule has 0 atom stereocenters. The van der Waals surface area contributed by atoms with Gasteiger partial charge in [0.25, 0.3) is 5.91 Å². The summed E-state index contributed by atoms with van der Waals surface area (Å²) in [6, 6.07) is 6.47. The highest BCUT2D eigenvalue weighted by atomic mass is 32.1. The van der Waals surface area contributed by atoms with Gasteiger partial charge in [-0.2, -0.15) is 5.10 Å². The Morgan fingerprint density at radius 2 is 2.11 bits per heavy atom. The largest absolute Gasteiger partial charge is 0.348 e. The van der Waals surface area contributed by atoms with E-state index in [0.717, 1.165) is 49.5 Å². The minimum absolute atomic E-state index is 0.0498. The third-order valence-corrected chi connectivity index (χ3v) is 6.67. The first-order valence-corrected chi connectivity index (χ1v) is 10.7. The van der Waals surface area contributed by atoms with Gasteiger partial charge in [0.1, 0.15) is 0 Å². The second-order valence-electron chi connectivity index (χ2n) is 7.63. The lowest BCUT2D eigenvalue weighted by Crippen LogP contribution is -2.39. The van der Waals surface area contributed by atoms with E-state index in [1.54, 1.807) is 28.4 Å². The van der Waals surface area contributed by atoms with E-state index >= 15 is 0 Å². The number of piperidine rings is 1. The highest BCUT2D eigenvalue weighted by Gasteiger charge is 2.24. The molecule has 1 aromatic carbocycles. The van der Waals surface area contributed by atoms with Crippen molar-refractivity contribution in [2.45, 2.75) is 26.2 Å². The number of carbonyl (C=O) groups is 1. The van der Waals surface area contributed by atoms with Crippen LogP contribution in [-0.2, 0) is 13.5 Å². The molecular weight excluding hydrogens is 370 g/mol. The first-order chi connectivity index (χ1) is 13.5. The van der Waals surface area contributed by atoms with E-state index in [9.17, 15) is 4.79 Å². The molecule has 6 nitrogen and oxygen atoms in total. The summed E-state index contributed by atoms with van der Waals surface area (Å²) < 4.78 is 2.94. The summed E-state index contributed by atoms with van der Waals surface area (Å²) in [5.41, 5.74) is 3.14. The van der Waals surface area contributed by atoms with Crippen LogP contribution in [0.25, 0.3) is 10.2 Å². The van der Waals surface area contributed by atoms with Crippen molar-refractivity contribution in [1.82, 2.24) is 19.7 Å². The zero-order valence-electron chi connectivity index (χ0n) is 16.8. The number of aryl methyl sites for hydroxylation is 2. The number of benzene rings is 1. The number of thiazole rings is 1. The van der Waals surface area contributed by atoms with E-state index in [0.29, 0.717) is 11.5 Å². The fourth-order valence-electron chi connectivity index (χ4n) is 3.94. The van der Waals surface area contributed by atoms with Gasteiger partial charge < -0.3 is 9.80 Å². The lowest BCUT2D eigenvalue weighted by Gasteiger charge is -2.33. The van der Waals surface area contributed by atoms with Gasteiger partial charge in [-0.05, 0) is 36.8 Å². The molecule has 7 heteroatoms. The van der Waals surface area contributed by atoms with Gasteiger partial charge >= 0.3 is 0 Å². The van der Waals surface area contributed by atoms with E-state index in [1.807, 2.05) is 19.0 Å². The summed E-state index contributed by atoms with van der Waals surface area (Å²) in [6.45, 7) is 4.98. The summed E-state index contributed by atoms with van der Waals surface area (Å²) in [5.74, 6) is 0.580. The zero-order valence-corrected chi connectivity index (χ0v) is 17.6. The number of rotatable bonds is 5. The van der Waals surface area contributed by atoms with Gasteiger partial charge in [0.15, 0.2) is 5.13 Å². The number of anilines is 1. The summed E-state index contributed by atoms with van der Waals surface area (Å²) >= 11 is 1.79. The molecule has 148 valence electrons. The van der Waals surface area contributed by atoms with Gasteiger partial charge in [-0.3, -0.25) is 9.48 Å². The second-order valence-corrected chi connectivity index (χ2v) is 8.64. The maximum atomic E-state index is 12.5. The molecule has 2 aromatic heterocycles. The average Bonchev–Trinajstić information content (AvgIpc) is 3.34. The lowest BCUT2D eigenvalue weighted by atomic mass is 9.96. The van der Waals surface area contributed by atoms with Crippen molar-refractivity contribution in [3.8, 4) is 0 Å². The first kappa shape index (κ1) is 18.9. The Morgan fingerprint density at radius 3 is 2.79 bits per heavy atom. The molecule has 1 fully saturated rings. The molecule has 4 rings (SSSR count). The average molecular weight is 398 g/mol. The zero-order chi connectivity index (χ0) is 19.7. The molecule has 1 aliphatic heterocycles. The monoisotopic (exact) mass is 397 g/mol. The van der Waals surface area contributed by atoms with E-state index in [2.05, 4.69) is 35.1 Å². The Kier molecular flexibility index (Phi) is 5.35. The third-order valence-electron chi connectivity index (χ3n) is 5.59. The summed E-state index contributed by atoms with van der Waals surface area (Å²) in [4.78, 5) is 21.7. The molecule has 0 N–H and O–H groups in total. The maximum Gasteiger partial charge on any atom is 0.256 e. The highest BCUT2D eigenvalue weighted by molar-refractivity contribution is 7.22. The number of carbonyl (C=O) groups excluding carboxylic acids is 1. The van der Waals surface area contributed by atoms with Crippen LogP contribution in [0.4, 0.5) is 5.13 Å². The van der Waals surface area contributed by atoms with E-state index in [1.165, 1.54) is 10.3 Å². The smallest absolute Gasteiger partial charge is 0.256 e. The highest BCUT2D eigenvalue weighted by Crippen LogP contribution is 2.33. The predicted octanol–water partition coefficient (Wildman–Crippen LogP) is 3.58. The number of hydrogen-bond acceptors (Lipinski definition) is 5. The molecule has 0 aliphatic carbocycles. The first-order valence-electron chi connectivity index (χ1n) is 9.92. The summed E-state index contributed by atoms with van der Waals surface area (Å²) in [6.07, 6.45) is 6.60. The van der Waals surface area contributed by atoms with Crippen LogP contribution in [-0.4, -0.2) is 52.3 Å². The third kappa shape index (κ3) is 3.76. The summed E-state index contributed by atoms with van der Waals surface area (Å²) in [5, 5.41) is 5.23. The molecule has 1 aliphatic rings. The van der Waals surface area contributed by atoms with Gasteiger partial charge in [0.05, 0.1) is 22.0 Å². The standard InChI is InChI=1S/C21H27N5OS/c1-4-16-6-5-7-18-19(16)23-21(28-18)26-10-8-15(9-11-26)13-24(2)20(27)17-12-22-25(3)14-17/h5-7,12,14-15H,4,8-11,13H2,1-3H3. The van der Waals surface area contributed by atoms with Crippen LogP contribution in [0.5, 0.6) is 0 Å². The number of hydrogen-bond donors (Lipinski definition) is 0. The molecule has 0 saturated carbocycles. The molecule has 0 unspecified atom stereocenters. The molecule has 0 radical (unpaired) electrons. The number of nitrogens with zero attached hydrogens (tertiary/aromatic N) is 5. The molecule has 28 heavy (non-hydrogen) atoms. The fraction of sp³-hybridized carbons (Fsp3) is 0.476. The number of aromatic nitrogens is 3. The van der Waals surface area contributed by atoms with Crippen LogP contribution in [0.3, 0.4) is 0 Å². The Balaban J connectivity index is 1.36. The number of amides is 1. The van der Waals surface area contributed by atoms with Gasteiger partial charge in [-0.25, -0.2) is 4.98 Å². The van der Waals surface area contributed by atoms with Crippen molar-refractivity contribution in [3.63, 3.8) is 0 Å². The topological polar surface area (TPSA) is 54.3 Å². The fourth-order valence-corrected chi connectivity index (χ4v) is 5.01. The van der Waals surface area contributed by atoms with Crippen molar-refractivity contribution in [2.24, 2.45) is 13.0 Å². The Hall–Kier alpha value is -2.41. The van der Waals surface area contributed by atoms with E-state index in [4.69, 9.17) is 4.98 Å². The predicted molar refractivity (Wildman–Crippen MR) is 114 cm³/mol. The number of para-hydroxylation sites is 1. The van der Waals surface area contributed by atoms with Crippen LogP contribution >= 0.6 is 11.3 Å². The van der Waals surface area contributed by atoms with Gasteiger partial charge in [-0.15, -0.1) is 0 Å². The van der Waals surface area contributed by atoms with Crippen LogP contribution in [0.2, 0.25) is 0 Å². The van der Waals surface area contributed by atoms with E-state index < -0.39 is 0 Å². The Bertz CT molecular complexity index is 970. The lowest BCUT2D eigenvalue weighted by molar-refractivity contribution is 0.0765. The van der Waals surface area contributed by atoms with Gasteiger partial charge in [0.2, 0.25) is 0 Å². The normalized spacial score (nSPS) is 15.3. The quantitative estimate of drug-likeness (QED) is 0.660. The summed E-state index contributed by atoms with van der Waals surface area (Å²) in [7, 11) is 3.72. The van der Waals surface area contributed by atoms with Crippen LogP contribution in [0, 0.1) is 5.92 Å². The van der Waals surface area contributed by atoms with Crippen LogP contribution in [0.1, 0.15) is 35.7 Å². The number of fused-ring (bicyclic) bond motifs is 1. The van der Waals surface area contributed by atoms with Crippen molar-refractivity contribution in [2.75, 3.05) is 31.6 Å². The van der Waals surface area contributed by atoms with Crippen molar-refractivity contribution < 1.29 is 4.79 Å². The van der Waals surface area contributed by atoms with Gasteiger partial charge in [0, 0.05) is 39.9 Å². The van der Waals surface area contributed by atoms with E-state index in [-0.39, 0.29) is 5.91 Å². The Labute approximate surface area is 169 Å². The van der Waals surface area contributed by atoms with Crippen LogP contribution in [0.15, 0.2) is 30.6 Å². The molecule has 0 bridgehead atoms. The second kappa shape index (κ2) is 7.91. The molecule has 1 saturated heterocycles. The molecule has 1 amide bonds. The van der Waals surface area contributed by atoms with Crippen molar-refractivity contribution in [3.05, 3.63) is 41.7 Å². The SMILES string of the molecule is CCc1cccc2sc(N3CCC(CN(C)C(=O)c4cnn(C)c4)CC3)nc12. The van der Waals surface area contributed by atoms with Crippen molar-refractivity contribution in [1.29, 1.82) is 0 Å². The molecular formula is C21H27N5OS.